The average molecular weight is 358 g/mol. The highest BCUT2D eigenvalue weighted by atomic mass is 32.2. The van der Waals surface area contributed by atoms with Crippen molar-refractivity contribution in [2.45, 2.75) is 24.0 Å². The summed E-state index contributed by atoms with van der Waals surface area (Å²) in [5.74, 6) is 0.757. The first kappa shape index (κ1) is 16.8. The zero-order valence-corrected chi connectivity index (χ0v) is 15.3. The van der Waals surface area contributed by atoms with Crippen LogP contribution < -0.4 is 10.1 Å². The number of hydrogen-bond acceptors (Lipinski definition) is 5. The number of rotatable bonds is 5. The van der Waals surface area contributed by atoms with E-state index in [1.807, 2.05) is 50.2 Å². The molecule has 6 heteroatoms. The van der Waals surface area contributed by atoms with Crippen molar-refractivity contribution in [3.8, 4) is 5.75 Å². The van der Waals surface area contributed by atoms with E-state index in [1.54, 1.807) is 7.11 Å². The van der Waals surface area contributed by atoms with Crippen LogP contribution in [0.4, 0.5) is 5.13 Å². The first-order chi connectivity index (χ1) is 11.5. The molecule has 4 nitrogen and oxygen atoms in total. The summed E-state index contributed by atoms with van der Waals surface area (Å²) in [5, 5.41) is 3.34. The maximum absolute atomic E-state index is 12.4. The minimum atomic E-state index is -0.216. The van der Waals surface area contributed by atoms with E-state index >= 15 is 0 Å². The van der Waals surface area contributed by atoms with Crippen molar-refractivity contribution in [3.05, 3.63) is 48.0 Å². The van der Waals surface area contributed by atoms with Crippen molar-refractivity contribution in [1.29, 1.82) is 0 Å². The highest BCUT2D eigenvalue weighted by Gasteiger charge is 2.16. The highest BCUT2D eigenvalue weighted by molar-refractivity contribution is 8.00. The smallest absolute Gasteiger partial charge is 0.239 e. The maximum Gasteiger partial charge on any atom is 0.239 e. The molecule has 0 radical (unpaired) electrons. The van der Waals surface area contributed by atoms with Crippen LogP contribution in [-0.4, -0.2) is 23.3 Å². The summed E-state index contributed by atoms with van der Waals surface area (Å²) < 4.78 is 6.23. The monoisotopic (exact) mass is 358 g/mol. The van der Waals surface area contributed by atoms with Gasteiger partial charge in [-0.1, -0.05) is 17.4 Å². The highest BCUT2D eigenvalue weighted by Crippen LogP contribution is 2.29. The van der Waals surface area contributed by atoms with Gasteiger partial charge in [-0.3, -0.25) is 4.79 Å². The molecular formula is C18H18N2O2S2. The van der Waals surface area contributed by atoms with Gasteiger partial charge in [-0.05, 0) is 55.8 Å². The van der Waals surface area contributed by atoms with E-state index in [0.717, 1.165) is 20.9 Å². The molecule has 1 amide bonds. The third-order valence-electron chi connectivity index (χ3n) is 3.52. The third kappa shape index (κ3) is 3.88. The predicted octanol–water partition coefficient (Wildman–Crippen LogP) is 4.73. The number of hydrogen-bond donors (Lipinski definition) is 1. The predicted molar refractivity (Wildman–Crippen MR) is 101 cm³/mol. The number of aryl methyl sites for hydroxylation is 1. The number of ether oxygens (including phenoxy) is 1. The quantitative estimate of drug-likeness (QED) is 0.670. The number of aromatic nitrogens is 1. The van der Waals surface area contributed by atoms with E-state index in [0.29, 0.717) is 5.13 Å². The normalized spacial score (nSPS) is 12.1. The zero-order chi connectivity index (χ0) is 17.1. The Bertz CT molecular complexity index is 859. The molecule has 1 unspecified atom stereocenters. The second kappa shape index (κ2) is 7.23. The van der Waals surface area contributed by atoms with Crippen LogP contribution in [0.3, 0.4) is 0 Å². The topological polar surface area (TPSA) is 51.2 Å². The number of nitrogens with one attached hydrogen (secondary N) is 1. The second-order valence-electron chi connectivity index (χ2n) is 5.42. The lowest BCUT2D eigenvalue weighted by molar-refractivity contribution is -0.115. The van der Waals surface area contributed by atoms with Gasteiger partial charge in [0.15, 0.2) is 5.13 Å². The van der Waals surface area contributed by atoms with Gasteiger partial charge in [-0.25, -0.2) is 4.98 Å². The molecule has 1 aromatic heterocycles. The molecule has 0 bridgehead atoms. The number of fused-ring (bicyclic) bond motifs is 1. The molecule has 3 aromatic rings. The Morgan fingerprint density at radius 1 is 1.25 bits per heavy atom. The molecule has 24 heavy (non-hydrogen) atoms. The van der Waals surface area contributed by atoms with E-state index < -0.39 is 0 Å². The number of nitrogens with zero attached hydrogens (tertiary/aromatic N) is 1. The first-order valence-corrected chi connectivity index (χ1v) is 9.23. The minimum absolute atomic E-state index is 0.0494. The zero-order valence-electron chi connectivity index (χ0n) is 13.7. The molecule has 3 rings (SSSR count). The van der Waals surface area contributed by atoms with Crippen molar-refractivity contribution in [2.75, 3.05) is 12.4 Å². The number of amides is 1. The molecule has 0 fully saturated rings. The van der Waals surface area contributed by atoms with Crippen LogP contribution in [0.25, 0.3) is 10.2 Å². The summed E-state index contributed by atoms with van der Waals surface area (Å²) in [6.45, 7) is 3.94. The number of carbonyl (C=O) groups is 1. The van der Waals surface area contributed by atoms with Gasteiger partial charge in [0.1, 0.15) is 5.75 Å². The van der Waals surface area contributed by atoms with E-state index in [4.69, 9.17) is 4.74 Å². The summed E-state index contributed by atoms with van der Waals surface area (Å²) in [5.41, 5.74) is 2.10. The van der Waals surface area contributed by atoms with Gasteiger partial charge in [0, 0.05) is 4.90 Å². The fraction of sp³-hybridized carbons (Fsp3) is 0.222. The molecule has 0 aliphatic heterocycles. The lowest BCUT2D eigenvalue weighted by Gasteiger charge is -2.10. The molecule has 0 saturated heterocycles. The Morgan fingerprint density at radius 2 is 2.00 bits per heavy atom. The molecule has 1 heterocycles. The summed E-state index contributed by atoms with van der Waals surface area (Å²) in [4.78, 5) is 17.9. The summed E-state index contributed by atoms with van der Waals surface area (Å²) in [6, 6.07) is 13.8. The number of carbonyl (C=O) groups excluding carboxylic acids is 1. The Kier molecular flexibility index (Phi) is 5.06. The standard InChI is InChI=1S/C18H18N2O2S2/c1-11-4-9-15-16(10-11)24-18(19-15)20-17(21)12(2)23-14-7-5-13(22-3)6-8-14/h4-10,12H,1-3H3,(H,19,20,21). The number of thioether (sulfide) groups is 1. The van der Waals surface area contributed by atoms with E-state index in [1.165, 1.54) is 28.7 Å². The molecule has 0 aliphatic rings. The van der Waals surface area contributed by atoms with Crippen molar-refractivity contribution in [2.24, 2.45) is 0 Å². The maximum atomic E-state index is 12.4. The minimum Gasteiger partial charge on any atom is -0.497 e. The fourth-order valence-electron chi connectivity index (χ4n) is 2.20. The van der Waals surface area contributed by atoms with Crippen LogP contribution >= 0.6 is 23.1 Å². The van der Waals surface area contributed by atoms with Crippen molar-refractivity contribution < 1.29 is 9.53 Å². The van der Waals surface area contributed by atoms with Gasteiger partial charge in [-0.15, -0.1) is 11.8 Å². The van der Waals surface area contributed by atoms with Gasteiger partial charge in [0.25, 0.3) is 0 Å². The molecule has 2 aromatic carbocycles. The van der Waals surface area contributed by atoms with Crippen LogP contribution in [0.15, 0.2) is 47.4 Å². The molecule has 124 valence electrons. The number of thiazole rings is 1. The number of methoxy groups -OCH3 is 1. The summed E-state index contributed by atoms with van der Waals surface area (Å²) >= 11 is 3.01. The van der Waals surface area contributed by atoms with Crippen LogP contribution in [-0.2, 0) is 4.79 Å². The molecule has 0 aliphatic carbocycles. The van der Waals surface area contributed by atoms with Crippen LogP contribution in [0, 0.1) is 6.92 Å². The van der Waals surface area contributed by atoms with Gasteiger partial charge in [-0.2, -0.15) is 0 Å². The first-order valence-electron chi connectivity index (χ1n) is 7.54. The Hall–Kier alpha value is -2.05. The van der Waals surface area contributed by atoms with Crippen molar-refractivity contribution in [3.63, 3.8) is 0 Å². The van der Waals surface area contributed by atoms with Crippen molar-refractivity contribution >= 4 is 44.4 Å². The fourth-order valence-corrected chi connectivity index (χ4v) is 4.04. The Morgan fingerprint density at radius 3 is 2.71 bits per heavy atom. The van der Waals surface area contributed by atoms with Crippen LogP contribution in [0.2, 0.25) is 0 Å². The third-order valence-corrected chi connectivity index (χ3v) is 5.56. The van der Waals surface area contributed by atoms with Gasteiger partial charge in [0.2, 0.25) is 5.91 Å². The molecule has 1 N–H and O–H groups in total. The summed E-state index contributed by atoms with van der Waals surface area (Å²) in [7, 11) is 1.64. The lowest BCUT2D eigenvalue weighted by Crippen LogP contribution is -2.22. The van der Waals surface area contributed by atoms with E-state index in [-0.39, 0.29) is 11.2 Å². The van der Waals surface area contributed by atoms with Gasteiger partial charge < -0.3 is 10.1 Å². The Labute approximate surface area is 149 Å². The second-order valence-corrected chi connectivity index (χ2v) is 7.86. The average Bonchev–Trinajstić information content (AvgIpc) is 2.96. The SMILES string of the molecule is COc1ccc(SC(C)C(=O)Nc2nc3ccc(C)cc3s2)cc1. The largest absolute Gasteiger partial charge is 0.497 e. The molecule has 1 atom stereocenters. The van der Waals surface area contributed by atoms with Crippen LogP contribution in [0.5, 0.6) is 5.75 Å². The number of anilines is 1. The van der Waals surface area contributed by atoms with Crippen LogP contribution in [0.1, 0.15) is 12.5 Å². The Balaban J connectivity index is 1.65. The molecule has 0 saturated carbocycles. The number of benzene rings is 2. The van der Waals surface area contributed by atoms with E-state index in [9.17, 15) is 4.79 Å². The van der Waals surface area contributed by atoms with Gasteiger partial charge >= 0.3 is 0 Å². The summed E-state index contributed by atoms with van der Waals surface area (Å²) in [6.07, 6.45) is 0. The molecular weight excluding hydrogens is 340 g/mol. The van der Waals surface area contributed by atoms with Gasteiger partial charge in [0.05, 0.1) is 22.6 Å². The molecule has 0 spiro atoms. The lowest BCUT2D eigenvalue weighted by atomic mass is 10.2. The van der Waals surface area contributed by atoms with Crippen molar-refractivity contribution in [1.82, 2.24) is 4.98 Å². The van der Waals surface area contributed by atoms with E-state index in [2.05, 4.69) is 16.4 Å².